The summed E-state index contributed by atoms with van der Waals surface area (Å²) < 4.78 is 11.1. The fourth-order valence-electron chi connectivity index (χ4n) is 2.29. The van der Waals surface area contributed by atoms with Gasteiger partial charge in [0.05, 0.1) is 17.9 Å². The number of hydrogen-bond donors (Lipinski definition) is 0. The zero-order valence-corrected chi connectivity index (χ0v) is 11.1. The minimum absolute atomic E-state index is 0.0445. The van der Waals surface area contributed by atoms with Crippen LogP contribution in [0.3, 0.4) is 0 Å². The first-order chi connectivity index (χ1) is 8.70. The Hall–Kier alpha value is -1.41. The second-order valence-electron chi connectivity index (χ2n) is 4.67. The van der Waals surface area contributed by atoms with Crippen LogP contribution in [0.1, 0.15) is 57.7 Å². The first-order valence-corrected chi connectivity index (χ1v) is 6.58. The van der Waals surface area contributed by atoms with E-state index in [0.29, 0.717) is 18.3 Å². The third-order valence-electron chi connectivity index (χ3n) is 3.69. The molecule has 1 aromatic rings. The number of aromatic nitrogens is 2. The summed E-state index contributed by atoms with van der Waals surface area (Å²) >= 11 is 0. The van der Waals surface area contributed by atoms with Gasteiger partial charge in [0, 0.05) is 6.61 Å². The van der Waals surface area contributed by atoms with E-state index in [-0.39, 0.29) is 11.8 Å². The third-order valence-corrected chi connectivity index (χ3v) is 3.69. The fourth-order valence-corrected chi connectivity index (χ4v) is 2.29. The van der Waals surface area contributed by atoms with E-state index in [1.165, 1.54) is 0 Å². The first kappa shape index (κ1) is 13.0. The molecule has 5 nitrogen and oxygen atoms in total. The average molecular weight is 249 g/mol. The number of hydrogen-bond acceptors (Lipinski definition) is 5. The van der Waals surface area contributed by atoms with E-state index in [2.05, 4.69) is 30.1 Å². The molecule has 1 saturated carbocycles. The van der Waals surface area contributed by atoms with E-state index in [1.54, 1.807) is 0 Å². The third kappa shape index (κ3) is 2.13. The Bertz CT molecular complexity index is 445. The van der Waals surface area contributed by atoms with Crippen LogP contribution in [0.2, 0.25) is 0 Å². The van der Waals surface area contributed by atoms with Crippen molar-refractivity contribution in [2.24, 2.45) is 5.92 Å². The molecule has 0 aromatic carbocycles. The maximum absolute atomic E-state index is 8.82. The van der Waals surface area contributed by atoms with Gasteiger partial charge >= 0.3 is 0 Å². The van der Waals surface area contributed by atoms with Gasteiger partial charge in [-0.05, 0) is 26.2 Å². The van der Waals surface area contributed by atoms with Crippen LogP contribution in [0.15, 0.2) is 4.52 Å². The van der Waals surface area contributed by atoms with Gasteiger partial charge in [-0.1, -0.05) is 19.0 Å². The van der Waals surface area contributed by atoms with E-state index in [4.69, 9.17) is 14.5 Å². The molecule has 0 spiro atoms. The van der Waals surface area contributed by atoms with E-state index in [1.807, 2.05) is 6.92 Å². The van der Waals surface area contributed by atoms with E-state index >= 15 is 0 Å². The van der Waals surface area contributed by atoms with Crippen molar-refractivity contribution in [3.63, 3.8) is 0 Å². The predicted molar refractivity (Wildman–Crippen MR) is 64.6 cm³/mol. The molecule has 1 aromatic heterocycles. The molecule has 1 aliphatic carbocycles. The van der Waals surface area contributed by atoms with Crippen molar-refractivity contribution in [1.29, 1.82) is 5.26 Å². The number of rotatable bonds is 6. The molecule has 0 radical (unpaired) electrons. The van der Waals surface area contributed by atoms with Gasteiger partial charge in [0.25, 0.3) is 0 Å². The van der Waals surface area contributed by atoms with Crippen LogP contribution in [-0.2, 0) is 10.3 Å². The van der Waals surface area contributed by atoms with Crippen LogP contribution in [0, 0.1) is 17.2 Å². The monoisotopic (exact) mass is 249 g/mol. The van der Waals surface area contributed by atoms with Gasteiger partial charge in [-0.25, -0.2) is 0 Å². The molecule has 2 unspecified atom stereocenters. The molecule has 98 valence electrons. The van der Waals surface area contributed by atoms with Crippen molar-refractivity contribution in [3.8, 4) is 6.07 Å². The Morgan fingerprint density at radius 3 is 2.67 bits per heavy atom. The molecule has 1 heterocycles. The summed E-state index contributed by atoms with van der Waals surface area (Å²) in [6.45, 7) is 6.71. The molecule has 0 N–H and O–H groups in total. The van der Waals surface area contributed by atoms with Crippen LogP contribution >= 0.6 is 0 Å². The lowest BCUT2D eigenvalue weighted by atomic mass is 9.96. The topological polar surface area (TPSA) is 71.9 Å². The van der Waals surface area contributed by atoms with Crippen LogP contribution in [0.4, 0.5) is 0 Å². The largest absolute Gasteiger partial charge is 0.367 e. The first-order valence-electron chi connectivity index (χ1n) is 6.58. The highest BCUT2D eigenvalue weighted by Gasteiger charge is 2.44. The summed E-state index contributed by atoms with van der Waals surface area (Å²) in [5.41, 5.74) is -0.451. The highest BCUT2D eigenvalue weighted by atomic mass is 16.5. The zero-order chi connectivity index (χ0) is 13.2. The van der Waals surface area contributed by atoms with Crippen LogP contribution < -0.4 is 0 Å². The lowest BCUT2D eigenvalue weighted by Gasteiger charge is -2.27. The summed E-state index contributed by atoms with van der Waals surface area (Å²) in [7, 11) is 0. The number of ether oxygens (including phenoxy) is 1. The Labute approximate surface area is 107 Å². The molecule has 0 bridgehead atoms. The van der Waals surface area contributed by atoms with Gasteiger partial charge in [-0.3, -0.25) is 0 Å². The van der Waals surface area contributed by atoms with Crippen molar-refractivity contribution in [2.45, 2.75) is 51.6 Å². The van der Waals surface area contributed by atoms with Crippen molar-refractivity contribution >= 4 is 0 Å². The maximum atomic E-state index is 8.82. The quantitative estimate of drug-likeness (QED) is 0.775. The molecular weight excluding hydrogens is 230 g/mol. The molecule has 2 rings (SSSR count). The molecule has 1 aliphatic rings. The lowest BCUT2D eigenvalue weighted by Crippen LogP contribution is -2.29. The molecule has 2 atom stereocenters. The fraction of sp³-hybridized carbons (Fsp3) is 0.769. The summed E-state index contributed by atoms with van der Waals surface area (Å²) in [6, 6.07) is 2.23. The molecule has 0 aliphatic heterocycles. The van der Waals surface area contributed by atoms with Gasteiger partial charge < -0.3 is 9.26 Å². The molecular formula is C13H19N3O2. The van der Waals surface area contributed by atoms with Crippen LogP contribution in [0.5, 0.6) is 0 Å². The Morgan fingerprint density at radius 2 is 2.17 bits per heavy atom. The number of nitrogens with zero attached hydrogens (tertiary/aromatic N) is 3. The Balaban J connectivity index is 2.20. The lowest BCUT2D eigenvalue weighted by molar-refractivity contribution is -0.0583. The van der Waals surface area contributed by atoms with Crippen molar-refractivity contribution in [1.82, 2.24) is 10.1 Å². The molecule has 0 amide bonds. The molecule has 5 heteroatoms. The predicted octanol–water partition coefficient (Wildman–Crippen LogP) is 2.75. The second-order valence-corrected chi connectivity index (χ2v) is 4.67. The average Bonchev–Trinajstić information content (AvgIpc) is 3.04. The van der Waals surface area contributed by atoms with Gasteiger partial charge in [0.1, 0.15) is 5.60 Å². The smallest absolute Gasteiger partial charge is 0.231 e. The Morgan fingerprint density at radius 1 is 1.44 bits per heavy atom. The standard InChI is InChI=1S/C13H19N3O2/c1-4-13(5-2,17-6-3)12-15-11(18-16-12)10-7-9(10)8-14/h9-10H,4-7H2,1-3H3. The van der Waals surface area contributed by atoms with Crippen molar-refractivity contribution in [3.05, 3.63) is 11.7 Å². The maximum Gasteiger partial charge on any atom is 0.231 e. The Kier molecular flexibility index (Phi) is 3.67. The second kappa shape index (κ2) is 5.07. The van der Waals surface area contributed by atoms with Gasteiger partial charge in [-0.15, -0.1) is 0 Å². The summed E-state index contributed by atoms with van der Waals surface area (Å²) in [5, 5.41) is 12.9. The van der Waals surface area contributed by atoms with Gasteiger partial charge in [-0.2, -0.15) is 10.2 Å². The zero-order valence-electron chi connectivity index (χ0n) is 11.1. The summed E-state index contributed by atoms with van der Waals surface area (Å²) in [6.07, 6.45) is 2.45. The summed E-state index contributed by atoms with van der Waals surface area (Å²) in [5.74, 6) is 1.38. The normalized spacial score (nSPS) is 22.8. The highest BCUT2D eigenvalue weighted by molar-refractivity contribution is 5.16. The SMILES string of the molecule is CCOC(CC)(CC)c1noc(C2CC2C#N)n1. The summed E-state index contributed by atoms with van der Waals surface area (Å²) in [4.78, 5) is 4.45. The molecule has 1 fully saturated rings. The minimum Gasteiger partial charge on any atom is -0.367 e. The number of nitriles is 1. The van der Waals surface area contributed by atoms with E-state index in [0.717, 1.165) is 19.3 Å². The highest BCUT2D eigenvalue weighted by Crippen LogP contribution is 2.46. The molecule has 18 heavy (non-hydrogen) atoms. The van der Waals surface area contributed by atoms with Gasteiger partial charge in [0.15, 0.2) is 0 Å². The van der Waals surface area contributed by atoms with Gasteiger partial charge in [0.2, 0.25) is 11.7 Å². The van der Waals surface area contributed by atoms with Crippen LogP contribution in [0.25, 0.3) is 0 Å². The van der Waals surface area contributed by atoms with Crippen LogP contribution in [-0.4, -0.2) is 16.7 Å². The molecule has 0 saturated heterocycles. The minimum atomic E-state index is -0.451. The van der Waals surface area contributed by atoms with E-state index in [9.17, 15) is 0 Å². The van der Waals surface area contributed by atoms with Crippen molar-refractivity contribution < 1.29 is 9.26 Å². The van der Waals surface area contributed by atoms with Crippen molar-refractivity contribution in [2.75, 3.05) is 6.61 Å². The van der Waals surface area contributed by atoms with E-state index < -0.39 is 5.60 Å².